The van der Waals surface area contributed by atoms with Crippen LogP contribution in [-0.4, -0.2) is 31.6 Å². The van der Waals surface area contributed by atoms with Gasteiger partial charge in [-0.1, -0.05) is 31.2 Å². The Morgan fingerprint density at radius 2 is 1.33 bits per heavy atom. The lowest BCUT2D eigenvalue weighted by Gasteiger charge is -2.11. The van der Waals surface area contributed by atoms with Gasteiger partial charge >= 0.3 is 0 Å². The van der Waals surface area contributed by atoms with Crippen LogP contribution in [0.5, 0.6) is 11.5 Å². The second-order valence-corrected chi connectivity index (χ2v) is 7.32. The molecule has 3 rings (SSSR count). The van der Waals surface area contributed by atoms with Crippen LogP contribution < -0.4 is 25.4 Å². The standard InChI is InChI=1S/C26H29N3O4/c1-2-7-25(30)29-22-9-6-8-21(18-22)27-19-26(31)28-20-12-14-24(15-13-20)33-17-16-32-23-10-4-3-5-11-23/h3-6,8-15,18,27H,2,7,16-17,19H2,1H3,(H,28,31)(H,29,30). The Kier molecular flexibility index (Phi) is 9.15. The Morgan fingerprint density at radius 3 is 2.03 bits per heavy atom. The minimum absolute atomic E-state index is 0.0245. The molecule has 0 unspecified atom stereocenters. The van der Waals surface area contributed by atoms with Crippen LogP contribution in [0, 0.1) is 0 Å². The van der Waals surface area contributed by atoms with Crippen LogP contribution in [-0.2, 0) is 9.59 Å². The number of amides is 2. The third kappa shape index (κ3) is 8.57. The van der Waals surface area contributed by atoms with Gasteiger partial charge in [0.25, 0.3) is 0 Å². The average molecular weight is 448 g/mol. The van der Waals surface area contributed by atoms with Crippen LogP contribution in [0.3, 0.4) is 0 Å². The van der Waals surface area contributed by atoms with E-state index in [1.54, 1.807) is 30.3 Å². The third-order valence-electron chi connectivity index (χ3n) is 4.58. The van der Waals surface area contributed by atoms with E-state index in [1.165, 1.54) is 0 Å². The first-order valence-corrected chi connectivity index (χ1v) is 11.0. The monoisotopic (exact) mass is 447 g/mol. The summed E-state index contributed by atoms with van der Waals surface area (Å²) in [4.78, 5) is 24.0. The van der Waals surface area contributed by atoms with Gasteiger partial charge in [0.05, 0.1) is 6.54 Å². The summed E-state index contributed by atoms with van der Waals surface area (Å²) in [6.45, 7) is 2.92. The quantitative estimate of drug-likeness (QED) is 0.343. The molecule has 0 radical (unpaired) electrons. The van der Waals surface area contributed by atoms with Crippen LogP contribution in [0.25, 0.3) is 0 Å². The van der Waals surface area contributed by atoms with Crippen LogP contribution in [0.2, 0.25) is 0 Å². The van der Waals surface area contributed by atoms with Crippen molar-refractivity contribution >= 4 is 28.9 Å². The molecule has 3 N–H and O–H groups in total. The maximum atomic E-state index is 12.3. The van der Waals surface area contributed by atoms with E-state index in [0.29, 0.717) is 36.8 Å². The predicted octanol–water partition coefficient (Wildman–Crippen LogP) is 4.93. The highest BCUT2D eigenvalue weighted by Gasteiger charge is 2.05. The summed E-state index contributed by atoms with van der Waals surface area (Å²) in [5, 5.41) is 8.75. The van der Waals surface area contributed by atoms with Gasteiger partial charge in [0.15, 0.2) is 0 Å². The minimum atomic E-state index is -0.180. The Hall–Kier alpha value is -4.00. The Bertz CT molecular complexity index is 1020. The molecule has 3 aromatic rings. The molecular weight excluding hydrogens is 418 g/mol. The summed E-state index contributed by atoms with van der Waals surface area (Å²) in [6.07, 6.45) is 1.27. The Morgan fingerprint density at radius 1 is 0.697 bits per heavy atom. The van der Waals surface area contributed by atoms with Crippen LogP contribution in [0.4, 0.5) is 17.1 Å². The highest BCUT2D eigenvalue weighted by atomic mass is 16.5. The number of benzene rings is 3. The first kappa shape index (κ1) is 23.7. The normalized spacial score (nSPS) is 10.2. The zero-order valence-corrected chi connectivity index (χ0v) is 18.7. The van der Waals surface area contributed by atoms with Crippen LogP contribution in [0.15, 0.2) is 78.9 Å². The summed E-state index contributed by atoms with van der Waals surface area (Å²) >= 11 is 0. The van der Waals surface area contributed by atoms with Crippen molar-refractivity contribution in [1.82, 2.24) is 0 Å². The molecule has 2 amide bonds. The minimum Gasteiger partial charge on any atom is -0.490 e. The van der Waals surface area contributed by atoms with Crippen molar-refractivity contribution in [3.63, 3.8) is 0 Å². The van der Waals surface area contributed by atoms with Crippen molar-refractivity contribution in [2.24, 2.45) is 0 Å². The second-order valence-electron chi connectivity index (χ2n) is 7.32. The van der Waals surface area contributed by atoms with E-state index in [-0.39, 0.29) is 18.4 Å². The van der Waals surface area contributed by atoms with Crippen molar-refractivity contribution in [2.75, 3.05) is 35.7 Å². The number of anilines is 3. The Balaban J connectivity index is 1.38. The van der Waals surface area contributed by atoms with Gasteiger partial charge in [-0.2, -0.15) is 0 Å². The van der Waals surface area contributed by atoms with Gasteiger partial charge in [-0.15, -0.1) is 0 Å². The molecule has 0 saturated carbocycles. The van der Waals surface area contributed by atoms with Gasteiger partial charge < -0.3 is 25.4 Å². The fourth-order valence-corrected chi connectivity index (χ4v) is 3.02. The number of hydrogen-bond acceptors (Lipinski definition) is 5. The summed E-state index contributed by atoms with van der Waals surface area (Å²) in [6, 6.07) is 24.0. The van der Waals surface area contributed by atoms with Gasteiger partial charge in [-0.05, 0) is 61.0 Å². The van der Waals surface area contributed by atoms with Gasteiger partial charge in [0.1, 0.15) is 24.7 Å². The van der Waals surface area contributed by atoms with E-state index >= 15 is 0 Å². The van der Waals surface area contributed by atoms with E-state index < -0.39 is 0 Å². The van der Waals surface area contributed by atoms with Gasteiger partial charge in [-0.3, -0.25) is 9.59 Å². The number of carbonyl (C=O) groups is 2. The molecule has 0 aromatic heterocycles. The molecule has 7 heteroatoms. The molecule has 0 spiro atoms. The van der Waals surface area contributed by atoms with E-state index in [1.807, 2.05) is 55.5 Å². The summed E-state index contributed by atoms with van der Waals surface area (Å²) in [5.74, 6) is 1.30. The van der Waals surface area contributed by atoms with E-state index in [0.717, 1.165) is 17.9 Å². The van der Waals surface area contributed by atoms with Crippen molar-refractivity contribution < 1.29 is 19.1 Å². The highest BCUT2D eigenvalue weighted by molar-refractivity contribution is 5.94. The van der Waals surface area contributed by atoms with Gasteiger partial charge in [0.2, 0.25) is 11.8 Å². The molecule has 0 aliphatic heterocycles. The van der Waals surface area contributed by atoms with E-state index in [4.69, 9.17) is 9.47 Å². The lowest BCUT2D eigenvalue weighted by Crippen LogP contribution is -2.21. The lowest BCUT2D eigenvalue weighted by molar-refractivity contribution is -0.116. The molecule has 172 valence electrons. The van der Waals surface area contributed by atoms with Crippen molar-refractivity contribution in [3.05, 3.63) is 78.9 Å². The molecule has 0 aliphatic rings. The molecule has 7 nitrogen and oxygen atoms in total. The zero-order chi connectivity index (χ0) is 23.3. The lowest BCUT2D eigenvalue weighted by atomic mass is 10.2. The Labute approximate surface area is 194 Å². The van der Waals surface area contributed by atoms with E-state index in [2.05, 4.69) is 16.0 Å². The number of carbonyl (C=O) groups excluding carboxylic acids is 2. The average Bonchev–Trinajstić information content (AvgIpc) is 2.83. The van der Waals surface area contributed by atoms with Gasteiger partial charge in [0, 0.05) is 23.5 Å². The molecule has 33 heavy (non-hydrogen) atoms. The molecule has 0 saturated heterocycles. The number of nitrogens with one attached hydrogen (secondary N) is 3. The number of para-hydroxylation sites is 1. The van der Waals surface area contributed by atoms with Crippen LogP contribution in [0.1, 0.15) is 19.8 Å². The zero-order valence-electron chi connectivity index (χ0n) is 18.7. The largest absolute Gasteiger partial charge is 0.490 e. The third-order valence-corrected chi connectivity index (χ3v) is 4.58. The molecule has 0 bridgehead atoms. The molecule has 3 aromatic carbocycles. The van der Waals surface area contributed by atoms with Crippen molar-refractivity contribution in [3.8, 4) is 11.5 Å². The van der Waals surface area contributed by atoms with Crippen molar-refractivity contribution in [2.45, 2.75) is 19.8 Å². The molecule has 0 aliphatic carbocycles. The van der Waals surface area contributed by atoms with Gasteiger partial charge in [-0.25, -0.2) is 0 Å². The first-order chi connectivity index (χ1) is 16.1. The summed E-state index contributed by atoms with van der Waals surface area (Å²) in [5.41, 5.74) is 2.12. The highest BCUT2D eigenvalue weighted by Crippen LogP contribution is 2.17. The molecule has 0 atom stereocenters. The molecular formula is C26H29N3O4. The smallest absolute Gasteiger partial charge is 0.243 e. The summed E-state index contributed by atoms with van der Waals surface area (Å²) in [7, 11) is 0. The number of ether oxygens (including phenoxy) is 2. The second kappa shape index (κ2) is 12.8. The first-order valence-electron chi connectivity index (χ1n) is 11.0. The van der Waals surface area contributed by atoms with Crippen LogP contribution >= 0.6 is 0 Å². The van der Waals surface area contributed by atoms with E-state index in [9.17, 15) is 9.59 Å². The fourth-order valence-electron chi connectivity index (χ4n) is 3.02. The maximum absolute atomic E-state index is 12.3. The van der Waals surface area contributed by atoms with Crippen molar-refractivity contribution in [1.29, 1.82) is 0 Å². The topological polar surface area (TPSA) is 88.7 Å². The molecule has 0 heterocycles. The maximum Gasteiger partial charge on any atom is 0.243 e. The molecule has 0 fully saturated rings. The number of hydrogen-bond donors (Lipinski definition) is 3. The fraction of sp³-hybridized carbons (Fsp3) is 0.231. The SMILES string of the molecule is CCCC(=O)Nc1cccc(NCC(=O)Nc2ccc(OCCOc3ccccc3)cc2)c1. The predicted molar refractivity (Wildman–Crippen MR) is 131 cm³/mol. The number of rotatable bonds is 12. The summed E-state index contributed by atoms with van der Waals surface area (Å²) < 4.78 is 11.3.